The van der Waals surface area contributed by atoms with Crippen LogP contribution in [0, 0.1) is 35.0 Å². The van der Waals surface area contributed by atoms with Crippen LogP contribution in [0.5, 0.6) is 0 Å². The fraction of sp³-hybridized carbons (Fsp3) is 1.00. The summed E-state index contributed by atoms with van der Waals surface area (Å²) in [5.74, 6) is 5.13. The molecule has 0 bridgehead atoms. The van der Waals surface area contributed by atoms with Gasteiger partial charge in [0.2, 0.25) is 0 Å². The van der Waals surface area contributed by atoms with Crippen LogP contribution in [0.1, 0.15) is 60.3 Å². The molecule has 2 aliphatic rings. The molecule has 0 amide bonds. The van der Waals surface area contributed by atoms with E-state index in [4.69, 9.17) is 0 Å². The van der Waals surface area contributed by atoms with Gasteiger partial charge in [0.15, 0.2) is 0 Å². The summed E-state index contributed by atoms with van der Waals surface area (Å²) in [5.41, 5.74) is 0.695. The topological polar surface area (TPSA) is 0 Å². The van der Waals surface area contributed by atoms with E-state index in [0.29, 0.717) is 5.41 Å². The summed E-state index contributed by atoms with van der Waals surface area (Å²) in [6.45, 7) is 12.2. The lowest BCUT2D eigenvalue weighted by Gasteiger charge is -2.51. The van der Waals surface area contributed by atoms with Crippen LogP contribution in [0.4, 0.5) is 0 Å². The van der Waals surface area contributed by atoms with E-state index in [1.165, 1.54) is 25.7 Å². The molecule has 0 aliphatic heterocycles. The fourth-order valence-electron chi connectivity index (χ4n) is 4.22. The largest absolute Gasteiger partial charge is 0.0654 e. The zero-order valence-electron chi connectivity index (χ0n) is 11.2. The van der Waals surface area contributed by atoms with Crippen LogP contribution in [0.15, 0.2) is 0 Å². The third kappa shape index (κ3) is 1.85. The minimum absolute atomic E-state index is 0.695. The first-order valence-electron chi connectivity index (χ1n) is 6.99. The molecule has 0 aromatic carbocycles. The highest BCUT2D eigenvalue weighted by atomic mass is 14.6. The van der Waals surface area contributed by atoms with Crippen molar-refractivity contribution in [1.29, 1.82) is 0 Å². The van der Waals surface area contributed by atoms with Crippen molar-refractivity contribution >= 4 is 0 Å². The number of hydrogen-bond acceptors (Lipinski definition) is 0. The van der Waals surface area contributed by atoms with E-state index in [0.717, 1.165) is 29.6 Å². The van der Waals surface area contributed by atoms with Gasteiger partial charge in [0.1, 0.15) is 0 Å². The van der Waals surface area contributed by atoms with Gasteiger partial charge in [0.05, 0.1) is 0 Å². The quantitative estimate of drug-likeness (QED) is 0.626. The maximum Gasteiger partial charge on any atom is -0.0292 e. The monoisotopic (exact) mass is 208 g/mol. The molecular formula is C15H28. The molecule has 0 nitrogen and oxygen atoms in total. The molecule has 0 radical (unpaired) electrons. The average Bonchev–Trinajstić information content (AvgIpc) is 2.77. The van der Waals surface area contributed by atoms with Gasteiger partial charge >= 0.3 is 0 Å². The molecule has 88 valence electrons. The van der Waals surface area contributed by atoms with E-state index in [2.05, 4.69) is 34.6 Å². The van der Waals surface area contributed by atoms with E-state index in [1.807, 2.05) is 0 Å². The first-order valence-corrected chi connectivity index (χ1v) is 6.99. The van der Waals surface area contributed by atoms with E-state index in [9.17, 15) is 0 Å². The number of rotatable bonds is 4. The average molecular weight is 208 g/mol. The molecule has 6 atom stereocenters. The van der Waals surface area contributed by atoms with Crippen molar-refractivity contribution in [3.8, 4) is 0 Å². The van der Waals surface area contributed by atoms with Gasteiger partial charge in [-0.2, -0.15) is 0 Å². The molecule has 0 saturated heterocycles. The smallest absolute Gasteiger partial charge is 0.0292 e. The van der Waals surface area contributed by atoms with Crippen LogP contribution in [-0.4, -0.2) is 0 Å². The highest BCUT2D eigenvalue weighted by Crippen LogP contribution is 2.61. The van der Waals surface area contributed by atoms with Crippen LogP contribution in [0.2, 0.25) is 0 Å². The summed E-state index contributed by atoms with van der Waals surface area (Å²) < 4.78 is 0. The Morgan fingerprint density at radius 3 is 2.27 bits per heavy atom. The van der Waals surface area contributed by atoms with Crippen LogP contribution < -0.4 is 0 Å². The van der Waals surface area contributed by atoms with E-state index < -0.39 is 0 Å². The predicted molar refractivity (Wildman–Crippen MR) is 66.7 cm³/mol. The highest BCUT2D eigenvalue weighted by Gasteiger charge is 2.53. The summed E-state index contributed by atoms with van der Waals surface area (Å²) in [5, 5.41) is 0. The van der Waals surface area contributed by atoms with Crippen molar-refractivity contribution in [3.05, 3.63) is 0 Å². The van der Waals surface area contributed by atoms with Gasteiger partial charge < -0.3 is 0 Å². The van der Waals surface area contributed by atoms with E-state index in [-0.39, 0.29) is 0 Å². The lowest BCUT2D eigenvalue weighted by atomic mass is 9.54. The second-order valence-corrected chi connectivity index (χ2v) is 6.80. The molecule has 6 unspecified atom stereocenters. The van der Waals surface area contributed by atoms with E-state index >= 15 is 0 Å². The summed E-state index contributed by atoms with van der Waals surface area (Å²) in [4.78, 5) is 0. The molecule has 0 N–H and O–H groups in total. The van der Waals surface area contributed by atoms with Crippen LogP contribution >= 0.6 is 0 Å². The van der Waals surface area contributed by atoms with Gasteiger partial charge in [0, 0.05) is 0 Å². The summed E-state index contributed by atoms with van der Waals surface area (Å²) in [7, 11) is 0. The maximum atomic E-state index is 2.53. The summed E-state index contributed by atoms with van der Waals surface area (Å²) in [6.07, 6.45) is 5.86. The van der Waals surface area contributed by atoms with Crippen molar-refractivity contribution in [2.24, 2.45) is 35.0 Å². The Morgan fingerprint density at radius 2 is 1.80 bits per heavy atom. The Morgan fingerprint density at radius 1 is 1.13 bits per heavy atom. The molecule has 2 fully saturated rings. The maximum absolute atomic E-state index is 2.53. The molecule has 0 aromatic rings. The first kappa shape index (κ1) is 11.5. The first-order chi connectivity index (χ1) is 6.99. The lowest BCUT2D eigenvalue weighted by molar-refractivity contribution is -0.0181. The van der Waals surface area contributed by atoms with Gasteiger partial charge in [-0.1, -0.05) is 47.5 Å². The Balaban J connectivity index is 1.84. The van der Waals surface area contributed by atoms with Crippen LogP contribution in [0.25, 0.3) is 0 Å². The van der Waals surface area contributed by atoms with Crippen molar-refractivity contribution in [3.63, 3.8) is 0 Å². The van der Waals surface area contributed by atoms with Crippen LogP contribution in [-0.2, 0) is 0 Å². The Bertz CT molecular complexity index is 232. The standard InChI is InChI=1S/C15H28/c1-6-7-13-11(3)14(13)9-15(5)8-10(2)12(15)4/h10-14H,6-9H2,1-5H3. The van der Waals surface area contributed by atoms with E-state index in [1.54, 1.807) is 0 Å². The minimum Gasteiger partial charge on any atom is -0.0654 e. The molecule has 0 spiro atoms. The lowest BCUT2D eigenvalue weighted by Crippen LogP contribution is -2.43. The molecule has 0 heteroatoms. The van der Waals surface area contributed by atoms with Crippen molar-refractivity contribution in [1.82, 2.24) is 0 Å². The van der Waals surface area contributed by atoms with Gasteiger partial charge in [-0.15, -0.1) is 0 Å². The zero-order valence-corrected chi connectivity index (χ0v) is 11.2. The third-order valence-electron chi connectivity index (χ3n) is 5.82. The van der Waals surface area contributed by atoms with Crippen molar-refractivity contribution < 1.29 is 0 Å². The van der Waals surface area contributed by atoms with Crippen molar-refractivity contribution in [2.45, 2.75) is 60.3 Å². The molecule has 2 saturated carbocycles. The molecule has 0 aromatic heterocycles. The summed E-state index contributed by atoms with van der Waals surface area (Å²) >= 11 is 0. The Hall–Kier alpha value is 0. The molecule has 2 aliphatic carbocycles. The predicted octanol–water partition coefficient (Wildman–Crippen LogP) is 4.74. The zero-order chi connectivity index (χ0) is 11.2. The second-order valence-electron chi connectivity index (χ2n) is 6.80. The van der Waals surface area contributed by atoms with Gasteiger partial charge in [-0.05, 0) is 47.8 Å². The molecule has 0 heterocycles. The molecule has 15 heavy (non-hydrogen) atoms. The SMILES string of the molecule is CCCC1C(C)C1CC1(C)CC(C)C1C. The Labute approximate surface area is 95.8 Å². The summed E-state index contributed by atoms with van der Waals surface area (Å²) in [6, 6.07) is 0. The number of hydrogen-bond donors (Lipinski definition) is 0. The van der Waals surface area contributed by atoms with Gasteiger partial charge in [-0.25, -0.2) is 0 Å². The molecule has 2 rings (SSSR count). The minimum atomic E-state index is 0.695. The third-order valence-corrected chi connectivity index (χ3v) is 5.82. The van der Waals surface area contributed by atoms with Gasteiger partial charge in [-0.3, -0.25) is 0 Å². The molecular weight excluding hydrogens is 180 g/mol. The van der Waals surface area contributed by atoms with Gasteiger partial charge in [0.25, 0.3) is 0 Å². The fourth-order valence-corrected chi connectivity index (χ4v) is 4.22. The normalized spacial score (nSPS) is 53.8. The highest BCUT2D eigenvalue weighted by molar-refractivity contribution is 5.02. The second kappa shape index (κ2) is 3.79. The van der Waals surface area contributed by atoms with Crippen molar-refractivity contribution in [2.75, 3.05) is 0 Å². The Kier molecular flexibility index (Phi) is 2.90. The van der Waals surface area contributed by atoms with Crippen LogP contribution in [0.3, 0.4) is 0 Å².